The molecule has 3 heteroatoms. The molecule has 0 amide bonds. The van der Waals surface area contributed by atoms with Crippen molar-refractivity contribution >= 4 is 31.9 Å². The summed E-state index contributed by atoms with van der Waals surface area (Å²) in [4.78, 5) is 0. The predicted molar refractivity (Wildman–Crippen MR) is 154 cm³/mol. The molecule has 0 aromatic rings. The summed E-state index contributed by atoms with van der Waals surface area (Å²) in [7, 11) is 0. The van der Waals surface area contributed by atoms with Crippen LogP contribution in [0.3, 0.4) is 0 Å². The van der Waals surface area contributed by atoms with E-state index in [0.29, 0.717) is 13.2 Å². The second-order valence-electron chi connectivity index (χ2n) is 9.84. The minimum atomic E-state index is -0.164. The van der Waals surface area contributed by atoms with E-state index in [1.54, 1.807) is 0 Å². The largest absolute Gasteiger partial charge is 0.378 e. The average molecular weight is 580 g/mol. The van der Waals surface area contributed by atoms with Crippen molar-refractivity contribution in [2.75, 3.05) is 13.2 Å². The zero-order valence-electron chi connectivity index (χ0n) is 21.4. The van der Waals surface area contributed by atoms with E-state index in [-0.39, 0.29) is 8.65 Å². The lowest BCUT2D eigenvalue weighted by molar-refractivity contribution is 0.108. The lowest BCUT2D eigenvalue weighted by Gasteiger charge is -2.36. The summed E-state index contributed by atoms with van der Waals surface area (Å²) in [6.07, 6.45) is 20.5. The maximum atomic E-state index is 6.42. The van der Waals surface area contributed by atoms with Crippen LogP contribution in [-0.2, 0) is 4.74 Å². The molecule has 2 atom stereocenters. The van der Waals surface area contributed by atoms with Crippen LogP contribution >= 0.6 is 31.9 Å². The topological polar surface area (TPSA) is 9.23 Å². The van der Waals surface area contributed by atoms with Crippen LogP contribution in [0.4, 0.5) is 0 Å². The maximum absolute atomic E-state index is 6.42. The average Bonchev–Trinajstić information content (AvgIpc) is 2.78. The monoisotopic (exact) mass is 578 g/mol. The van der Waals surface area contributed by atoms with Crippen LogP contribution < -0.4 is 0 Å². The Morgan fingerprint density at radius 2 is 1.18 bits per heavy atom. The predicted octanol–water partition coefficient (Wildman–Crippen LogP) is 10.1. The summed E-state index contributed by atoms with van der Waals surface area (Å²) in [5.74, 6) is 0. The Morgan fingerprint density at radius 1 is 0.788 bits per heavy atom. The molecular weight excluding hydrogens is 536 g/mol. The number of halogens is 2. The normalized spacial score (nSPS) is 25.2. The van der Waals surface area contributed by atoms with Crippen molar-refractivity contribution in [2.45, 2.75) is 101 Å². The number of hydrogen-bond donors (Lipinski definition) is 0. The van der Waals surface area contributed by atoms with Gasteiger partial charge in [-0.2, -0.15) is 0 Å². The highest BCUT2D eigenvalue weighted by molar-refractivity contribution is 9.10. The Bertz CT molecular complexity index is 760. The lowest BCUT2D eigenvalue weighted by atomic mass is 9.83. The molecule has 0 radical (unpaired) electrons. The SMILES string of the molecule is C=C(CCCCC)C1=C(C)C(Br)(COCC2(Br)CC=CC(C(=C)CCCCC)=C2C)CC=C1. The molecule has 0 aromatic carbocycles. The minimum Gasteiger partial charge on any atom is -0.378 e. The molecular formula is C30H44Br2O. The van der Waals surface area contributed by atoms with E-state index in [9.17, 15) is 0 Å². The van der Waals surface area contributed by atoms with Crippen molar-refractivity contribution in [1.82, 2.24) is 0 Å². The summed E-state index contributed by atoms with van der Waals surface area (Å²) < 4.78 is 6.10. The van der Waals surface area contributed by atoms with Gasteiger partial charge in [-0.05, 0) is 85.8 Å². The Hall–Kier alpha value is -0.640. The fraction of sp³-hybridized carbons (Fsp3) is 0.600. The highest BCUT2D eigenvalue weighted by Gasteiger charge is 2.36. The Labute approximate surface area is 220 Å². The van der Waals surface area contributed by atoms with Gasteiger partial charge in [0, 0.05) is 0 Å². The smallest absolute Gasteiger partial charge is 0.0739 e. The Morgan fingerprint density at radius 3 is 1.55 bits per heavy atom. The quantitative estimate of drug-likeness (QED) is 0.147. The van der Waals surface area contributed by atoms with E-state index < -0.39 is 0 Å². The summed E-state index contributed by atoms with van der Waals surface area (Å²) in [5, 5.41) is 0. The third-order valence-corrected chi connectivity index (χ3v) is 9.49. The number of ether oxygens (including phenoxy) is 1. The molecule has 0 aliphatic heterocycles. The van der Waals surface area contributed by atoms with Crippen LogP contribution in [0.1, 0.15) is 91.9 Å². The third-order valence-electron chi connectivity index (χ3n) is 7.19. The van der Waals surface area contributed by atoms with E-state index >= 15 is 0 Å². The molecule has 0 saturated carbocycles. The van der Waals surface area contributed by atoms with Crippen molar-refractivity contribution in [1.29, 1.82) is 0 Å². The number of unbranched alkanes of at least 4 members (excludes halogenated alkanes) is 4. The van der Waals surface area contributed by atoms with Crippen LogP contribution in [0.2, 0.25) is 0 Å². The van der Waals surface area contributed by atoms with Gasteiger partial charge in [-0.15, -0.1) is 0 Å². The van der Waals surface area contributed by atoms with Crippen molar-refractivity contribution < 1.29 is 4.74 Å². The maximum Gasteiger partial charge on any atom is 0.0739 e. The number of hydrogen-bond acceptors (Lipinski definition) is 1. The van der Waals surface area contributed by atoms with E-state index in [0.717, 1.165) is 25.7 Å². The van der Waals surface area contributed by atoms with Crippen LogP contribution in [-0.4, -0.2) is 21.9 Å². The molecule has 2 aliphatic carbocycles. The van der Waals surface area contributed by atoms with Gasteiger partial charge in [0.05, 0.1) is 21.9 Å². The molecule has 0 heterocycles. The van der Waals surface area contributed by atoms with Crippen molar-refractivity contribution in [3.63, 3.8) is 0 Å². The first-order valence-electron chi connectivity index (χ1n) is 12.8. The standard InChI is InChI=1S/C30H44Br2O/c1-7-9-11-15-23(3)27-17-13-19-29(31,25(27)5)21-33-22-30(32)20-14-18-28(26(30)6)24(4)16-12-10-8-2/h13-14,17-18H,3-4,7-12,15-16,19-22H2,1-2,5-6H3. The fourth-order valence-corrected chi connectivity index (χ4v) is 5.81. The summed E-state index contributed by atoms with van der Waals surface area (Å²) in [6.45, 7) is 19.0. The fourth-order valence-electron chi connectivity index (χ4n) is 4.69. The van der Waals surface area contributed by atoms with Gasteiger partial charge in [0.1, 0.15) is 0 Å². The van der Waals surface area contributed by atoms with E-state index in [1.165, 1.54) is 72.0 Å². The van der Waals surface area contributed by atoms with Gasteiger partial charge in [0.2, 0.25) is 0 Å². The van der Waals surface area contributed by atoms with Crippen LogP contribution in [0.15, 0.2) is 70.9 Å². The molecule has 184 valence electrons. The molecule has 33 heavy (non-hydrogen) atoms. The summed E-state index contributed by atoms with van der Waals surface area (Å²) >= 11 is 8.10. The first-order valence-corrected chi connectivity index (χ1v) is 14.3. The number of alkyl halides is 2. The highest BCUT2D eigenvalue weighted by atomic mass is 79.9. The second-order valence-corrected chi connectivity index (χ2v) is 12.9. The molecule has 2 aliphatic rings. The van der Waals surface area contributed by atoms with Gasteiger partial charge in [-0.1, -0.05) is 109 Å². The van der Waals surface area contributed by atoms with Gasteiger partial charge in [-0.3, -0.25) is 0 Å². The lowest BCUT2D eigenvalue weighted by Crippen LogP contribution is -2.36. The van der Waals surface area contributed by atoms with Gasteiger partial charge in [-0.25, -0.2) is 0 Å². The second kappa shape index (κ2) is 13.4. The Balaban J connectivity index is 2.04. The van der Waals surface area contributed by atoms with Gasteiger partial charge in [0.15, 0.2) is 0 Å². The highest BCUT2D eigenvalue weighted by Crippen LogP contribution is 2.43. The van der Waals surface area contributed by atoms with Gasteiger partial charge >= 0.3 is 0 Å². The van der Waals surface area contributed by atoms with Crippen molar-refractivity contribution in [3.05, 3.63) is 70.9 Å². The third kappa shape index (κ3) is 7.67. The van der Waals surface area contributed by atoms with E-state index in [2.05, 4.69) is 97.0 Å². The van der Waals surface area contributed by atoms with Gasteiger partial charge in [0.25, 0.3) is 0 Å². The Kier molecular flexibility index (Phi) is 11.7. The molecule has 0 saturated heterocycles. The first-order chi connectivity index (χ1) is 15.7. The molecule has 0 bridgehead atoms. The van der Waals surface area contributed by atoms with Crippen LogP contribution in [0.25, 0.3) is 0 Å². The molecule has 2 unspecified atom stereocenters. The zero-order valence-corrected chi connectivity index (χ0v) is 24.5. The summed E-state index contributed by atoms with van der Waals surface area (Å²) in [6, 6.07) is 0. The molecule has 1 nitrogen and oxygen atoms in total. The first kappa shape index (κ1) is 28.6. The molecule has 0 N–H and O–H groups in total. The minimum absolute atomic E-state index is 0.164. The molecule has 2 rings (SSSR count). The van der Waals surface area contributed by atoms with Crippen molar-refractivity contribution in [3.8, 4) is 0 Å². The molecule has 0 spiro atoms. The van der Waals surface area contributed by atoms with Crippen LogP contribution in [0, 0.1) is 0 Å². The number of allylic oxidation sites excluding steroid dienone is 8. The summed E-state index contributed by atoms with van der Waals surface area (Å²) in [5.41, 5.74) is 7.79. The molecule has 0 fully saturated rings. The van der Waals surface area contributed by atoms with E-state index in [4.69, 9.17) is 4.74 Å². The van der Waals surface area contributed by atoms with Gasteiger partial charge < -0.3 is 4.74 Å². The van der Waals surface area contributed by atoms with E-state index in [1.807, 2.05) is 0 Å². The number of rotatable bonds is 14. The van der Waals surface area contributed by atoms with Crippen LogP contribution in [0.5, 0.6) is 0 Å². The zero-order chi connectivity index (χ0) is 24.5. The molecule has 0 aromatic heterocycles. The van der Waals surface area contributed by atoms with Crippen molar-refractivity contribution in [2.24, 2.45) is 0 Å².